The molecule has 2 aromatic heterocycles. The summed E-state index contributed by atoms with van der Waals surface area (Å²) >= 11 is 1.50. The zero-order chi connectivity index (χ0) is 12.7. The van der Waals surface area contributed by atoms with Gasteiger partial charge in [0.1, 0.15) is 10.7 Å². The monoisotopic (exact) mass is 263 g/mol. The fourth-order valence-electron chi connectivity index (χ4n) is 1.81. The highest BCUT2D eigenvalue weighted by Crippen LogP contribution is 2.41. The zero-order valence-electron chi connectivity index (χ0n) is 10.2. The van der Waals surface area contributed by atoms with Crippen molar-refractivity contribution in [1.82, 2.24) is 25.2 Å². The van der Waals surface area contributed by atoms with E-state index in [1.807, 2.05) is 0 Å². The van der Waals surface area contributed by atoms with Crippen molar-refractivity contribution in [2.75, 3.05) is 0 Å². The molecule has 1 aliphatic carbocycles. The summed E-state index contributed by atoms with van der Waals surface area (Å²) in [6, 6.07) is 0. The molecule has 0 aromatic carbocycles. The number of rotatable bonds is 4. The lowest BCUT2D eigenvalue weighted by Gasteiger charge is -2.00. The van der Waals surface area contributed by atoms with Gasteiger partial charge in [0.25, 0.3) is 0 Å². The number of nitrogens with zero attached hydrogens (tertiary/aromatic N) is 5. The van der Waals surface area contributed by atoms with Crippen molar-refractivity contribution < 1.29 is 4.79 Å². The summed E-state index contributed by atoms with van der Waals surface area (Å²) in [6.07, 6.45) is 2.94. The van der Waals surface area contributed by atoms with Crippen LogP contribution in [0, 0.1) is 0 Å². The van der Waals surface area contributed by atoms with Gasteiger partial charge in [-0.15, -0.1) is 15.3 Å². The van der Waals surface area contributed by atoms with Crippen LogP contribution in [-0.4, -0.2) is 31.5 Å². The van der Waals surface area contributed by atoms with Crippen molar-refractivity contribution >= 4 is 17.6 Å². The fraction of sp³-hybridized carbons (Fsp3) is 0.545. The molecule has 1 fully saturated rings. The third kappa shape index (κ3) is 1.84. The number of carbonyl (C=O) groups is 1. The van der Waals surface area contributed by atoms with E-state index in [9.17, 15) is 4.79 Å². The molecule has 3 rings (SSSR count). The lowest BCUT2D eigenvalue weighted by atomic mass is 10.2. The Morgan fingerprint density at radius 3 is 2.67 bits per heavy atom. The van der Waals surface area contributed by atoms with Crippen LogP contribution in [0.4, 0.5) is 0 Å². The molecule has 0 radical (unpaired) electrons. The average Bonchev–Trinajstić information content (AvgIpc) is 2.93. The molecule has 2 heterocycles. The second kappa shape index (κ2) is 4.24. The lowest BCUT2D eigenvalue weighted by Crippen LogP contribution is -2.02. The van der Waals surface area contributed by atoms with Gasteiger partial charge in [-0.1, -0.05) is 30.4 Å². The van der Waals surface area contributed by atoms with Gasteiger partial charge in [-0.2, -0.15) is 4.68 Å². The summed E-state index contributed by atoms with van der Waals surface area (Å²) in [7, 11) is 0. The first-order chi connectivity index (χ1) is 8.70. The predicted octanol–water partition coefficient (Wildman–Crippen LogP) is 1.93. The van der Waals surface area contributed by atoms with Gasteiger partial charge >= 0.3 is 0 Å². The minimum absolute atomic E-state index is 0.342. The Morgan fingerprint density at radius 1 is 1.33 bits per heavy atom. The molecule has 0 amide bonds. The topological polar surface area (TPSA) is 73.6 Å². The van der Waals surface area contributed by atoms with Gasteiger partial charge in [0.05, 0.1) is 5.69 Å². The maximum Gasteiger partial charge on any atom is 0.234 e. The number of hydrogen-bond donors (Lipinski definition) is 0. The third-order valence-corrected chi connectivity index (χ3v) is 4.11. The quantitative estimate of drug-likeness (QED) is 0.788. The average molecular weight is 263 g/mol. The van der Waals surface area contributed by atoms with Gasteiger partial charge < -0.3 is 0 Å². The van der Waals surface area contributed by atoms with Crippen LogP contribution in [-0.2, 0) is 0 Å². The van der Waals surface area contributed by atoms with Crippen molar-refractivity contribution in [3.8, 4) is 5.13 Å². The van der Waals surface area contributed by atoms with Crippen molar-refractivity contribution in [2.45, 2.75) is 38.5 Å². The second-order valence-electron chi connectivity index (χ2n) is 4.74. The highest BCUT2D eigenvalue weighted by atomic mass is 32.1. The smallest absolute Gasteiger partial charge is 0.234 e. The summed E-state index contributed by atoms with van der Waals surface area (Å²) < 4.78 is 1.67. The van der Waals surface area contributed by atoms with Crippen LogP contribution in [0.5, 0.6) is 0 Å². The van der Waals surface area contributed by atoms with Crippen molar-refractivity contribution in [1.29, 1.82) is 0 Å². The van der Waals surface area contributed by atoms with Gasteiger partial charge in [0, 0.05) is 11.8 Å². The minimum Gasteiger partial charge on any atom is -0.296 e. The zero-order valence-corrected chi connectivity index (χ0v) is 11.0. The molecule has 7 heteroatoms. The van der Waals surface area contributed by atoms with Crippen LogP contribution in [0.15, 0.2) is 0 Å². The van der Waals surface area contributed by atoms with Crippen LogP contribution < -0.4 is 0 Å². The van der Waals surface area contributed by atoms with E-state index in [0.717, 1.165) is 29.8 Å². The molecule has 0 atom stereocenters. The third-order valence-electron chi connectivity index (χ3n) is 2.91. The van der Waals surface area contributed by atoms with E-state index in [1.165, 1.54) is 11.3 Å². The van der Waals surface area contributed by atoms with E-state index in [0.29, 0.717) is 22.7 Å². The summed E-state index contributed by atoms with van der Waals surface area (Å²) in [6.45, 7) is 4.15. The normalized spacial score (nSPS) is 15.3. The first kappa shape index (κ1) is 11.5. The lowest BCUT2D eigenvalue weighted by molar-refractivity contribution is 0.111. The Labute approximate surface area is 108 Å². The Kier molecular flexibility index (Phi) is 2.70. The number of aldehydes is 1. The maximum atomic E-state index is 11.0. The van der Waals surface area contributed by atoms with E-state index in [2.05, 4.69) is 34.4 Å². The molecule has 0 saturated heterocycles. The Balaban J connectivity index is 2.04. The highest BCUT2D eigenvalue weighted by Gasteiger charge is 2.32. The number of aromatic nitrogens is 5. The Bertz CT molecular complexity index is 584. The van der Waals surface area contributed by atoms with E-state index in [1.54, 1.807) is 4.68 Å². The van der Waals surface area contributed by atoms with Crippen LogP contribution in [0.25, 0.3) is 5.13 Å². The summed E-state index contributed by atoms with van der Waals surface area (Å²) in [5.41, 5.74) is 1.32. The van der Waals surface area contributed by atoms with E-state index >= 15 is 0 Å². The first-order valence-electron chi connectivity index (χ1n) is 5.95. The summed E-state index contributed by atoms with van der Waals surface area (Å²) in [4.78, 5) is 11.0. The molecule has 94 valence electrons. The molecule has 0 spiro atoms. The molecule has 1 aliphatic rings. The minimum atomic E-state index is 0.342. The molecule has 18 heavy (non-hydrogen) atoms. The number of hydrogen-bond acceptors (Lipinski definition) is 6. The second-order valence-corrected chi connectivity index (χ2v) is 5.73. The van der Waals surface area contributed by atoms with Gasteiger partial charge in [0.15, 0.2) is 6.29 Å². The molecule has 6 nitrogen and oxygen atoms in total. The molecule has 0 N–H and O–H groups in total. The van der Waals surface area contributed by atoms with Crippen LogP contribution in [0.1, 0.15) is 59.7 Å². The fourth-order valence-corrected chi connectivity index (χ4v) is 2.62. The van der Waals surface area contributed by atoms with Crippen LogP contribution in [0.3, 0.4) is 0 Å². The molecule has 0 unspecified atom stereocenters. The van der Waals surface area contributed by atoms with Crippen molar-refractivity contribution in [2.24, 2.45) is 0 Å². The van der Waals surface area contributed by atoms with Gasteiger partial charge in [-0.25, -0.2) is 0 Å². The number of carbonyl (C=O) groups excluding carboxylic acids is 1. The highest BCUT2D eigenvalue weighted by molar-refractivity contribution is 7.13. The van der Waals surface area contributed by atoms with E-state index < -0.39 is 0 Å². The summed E-state index contributed by atoms with van der Waals surface area (Å²) in [5.74, 6) is 0.737. The first-order valence-corrected chi connectivity index (χ1v) is 6.77. The van der Waals surface area contributed by atoms with E-state index in [-0.39, 0.29) is 0 Å². The van der Waals surface area contributed by atoms with Gasteiger partial charge in [-0.3, -0.25) is 4.79 Å². The predicted molar refractivity (Wildman–Crippen MR) is 66.3 cm³/mol. The molecule has 0 aliphatic heterocycles. The molecular formula is C11H13N5OS. The largest absolute Gasteiger partial charge is 0.296 e. The maximum absolute atomic E-state index is 11.0. The van der Waals surface area contributed by atoms with Crippen LogP contribution in [0.2, 0.25) is 0 Å². The van der Waals surface area contributed by atoms with Crippen molar-refractivity contribution in [3.63, 3.8) is 0 Å². The molecule has 2 aromatic rings. The molecule has 0 bridgehead atoms. The standard InChI is InChI=1S/C11H13N5OS/c1-6(2)10-13-14-11(18-10)16-9(7-3-4-7)8(5-17)12-15-16/h5-7H,3-4H2,1-2H3. The molecule has 1 saturated carbocycles. The van der Waals surface area contributed by atoms with Crippen molar-refractivity contribution in [3.05, 3.63) is 16.4 Å². The van der Waals surface area contributed by atoms with Crippen LogP contribution >= 0.6 is 11.3 Å². The summed E-state index contributed by atoms with van der Waals surface area (Å²) in [5, 5.41) is 17.9. The van der Waals surface area contributed by atoms with E-state index in [4.69, 9.17) is 0 Å². The molecular weight excluding hydrogens is 250 g/mol. The Morgan fingerprint density at radius 2 is 2.11 bits per heavy atom. The van der Waals surface area contributed by atoms with Gasteiger partial charge in [0.2, 0.25) is 5.13 Å². The Hall–Kier alpha value is -1.63. The van der Waals surface area contributed by atoms with Gasteiger partial charge in [-0.05, 0) is 12.8 Å². The SMILES string of the molecule is CC(C)c1nnc(-n2nnc(C=O)c2C2CC2)s1.